The monoisotopic (exact) mass is 398 g/mol. The average molecular weight is 398 g/mol. The molecule has 4 aromatic rings. The first-order chi connectivity index (χ1) is 14.8. The number of aryl methyl sites for hydroxylation is 1. The van der Waals surface area contributed by atoms with Crippen LogP contribution in [-0.2, 0) is 6.42 Å². The predicted octanol–water partition coefficient (Wildman–Crippen LogP) is 5.22. The van der Waals surface area contributed by atoms with E-state index in [0.29, 0.717) is 6.42 Å². The molecule has 6 heteroatoms. The summed E-state index contributed by atoms with van der Waals surface area (Å²) in [5.74, 6) is 2.48. The summed E-state index contributed by atoms with van der Waals surface area (Å²) in [4.78, 5) is 9.21. The van der Waals surface area contributed by atoms with Gasteiger partial charge >= 0.3 is 0 Å². The number of furan rings is 1. The van der Waals surface area contributed by atoms with E-state index < -0.39 is 0 Å². The molecule has 0 aliphatic carbocycles. The van der Waals surface area contributed by atoms with Crippen molar-refractivity contribution in [1.29, 1.82) is 0 Å². The molecule has 0 bridgehead atoms. The molecule has 0 radical (unpaired) electrons. The molecule has 30 heavy (non-hydrogen) atoms. The number of rotatable bonds is 5. The number of aromatic nitrogens is 3. The number of benzene rings is 1. The van der Waals surface area contributed by atoms with Crippen LogP contribution >= 0.6 is 0 Å². The van der Waals surface area contributed by atoms with Crippen LogP contribution in [0.4, 0.5) is 5.82 Å². The van der Waals surface area contributed by atoms with Crippen LogP contribution in [0.15, 0.2) is 76.6 Å². The Morgan fingerprint density at radius 3 is 2.57 bits per heavy atom. The number of hydrogen-bond acceptors (Lipinski definition) is 5. The Balaban J connectivity index is 1.72. The van der Waals surface area contributed by atoms with Crippen molar-refractivity contribution in [2.75, 3.05) is 7.11 Å². The third-order valence-corrected chi connectivity index (χ3v) is 5.49. The number of ether oxygens (including phenoxy) is 1. The first-order valence-corrected chi connectivity index (χ1v) is 10.1. The van der Waals surface area contributed by atoms with Gasteiger partial charge in [-0.25, -0.2) is 9.67 Å². The lowest BCUT2D eigenvalue weighted by molar-refractivity contribution is 0.415. The van der Waals surface area contributed by atoms with Gasteiger partial charge in [0.25, 0.3) is 0 Å². The molecule has 0 amide bonds. The van der Waals surface area contributed by atoms with Gasteiger partial charge in [0.05, 0.1) is 30.8 Å². The van der Waals surface area contributed by atoms with Gasteiger partial charge in [-0.15, -0.1) is 0 Å². The third-order valence-electron chi connectivity index (χ3n) is 5.49. The molecule has 0 N–H and O–H groups in total. The SMILES string of the molecule is CCc1nn2c(c1-c1ccc(OC)cc1)N=C(c1ccco1)C[C@@H]2c1ccncc1. The van der Waals surface area contributed by atoms with Crippen LogP contribution in [0.5, 0.6) is 5.75 Å². The van der Waals surface area contributed by atoms with Gasteiger partial charge in [0, 0.05) is 24.4 Å². The summed E-state index contributed by atoms with van der Waals surface area (Å²) in [6.45, 7) is 2.12. The lowest BCUT2D eigenvalue weighted by Crippen LogP contribution is -2.21. The molecule has 0 spiro atoms. The molecule has 4 heterocycles. The normalized spacial score (nSPS) is 15.5. The molecule has 6 nitrogen and oxygen atoms in total. The maximum atomic E-state index is 5.69. The van der Waals surface area contributed by atoms with Crippen LogP contribution in [0.3, 0.4) is 0 Å². The lowest BCUT2D eigenvalue weighted by atomic mass is 9.98. The van der Waals surface area contributed by atoms with Crippen LogP contribution in [0.2, 0.25) is 0 Å². The lowest BCUT2D eigenvalue weighted by Gasteiger charge is -2.24. The molecule has 0 unspecified atom stereocenters. The second-order valence-corrected chi connectivity index (χ2v) is 7.21. The Hall–Kier alpha value is -3.67. The van der Waals surface area contributed by atoms with Gasteiger partial charge in [-0.2, -0.15) is 5.10 Å². The van der Waals surface area contributed by atoms with E-state index in [1.807, 2.05) is 48.8 Å². The van der Waals surface area contributed by atoms with Crippen molar-refractivity contribution >= 4 is 11.5 Å². The Bertz CT molecular complexity index is 1180. The average Bonchev–Trinajstić information content (AvgIpc) is 3.47. The minimum absolute atomic E-state index is 0.0258. The van der Waals surface area contributed by atoms with Crippen molar-refractivity contribution in [1.82, 2.24) is 14.8 Å². The summed E-state index contributed by atoms with van der Waals surface area (Å²) >= 11 is 0. The largest absolute Gasteiger partial charge is 0.497 e. The van der Waals surface area contributed by atoms with Gasteiger partial charge in [0.2, 0.25) is 0 Å². The van der Waals surface area contributed by atoms with Crippen LogP contribution in [0.25, 0.3) is 11.1 Å². The highest BCUT2D eigenvalue weighted by molar-refractivity contribution is 6.02. The molecule has 1 aliphatic rings. The van der Waals surface area contributed by atoms with E-state index in [-0.39, 0.29) is 6.04 Å². The quantitative estimate of drug-likeness (QED) is 0.462. The number of methoxy groups -OCH3 is 1. The van der Waals surface area contributed by atoms with E-state index in [1.165, 1.54) is 0 Å². The number of fused-ring (bicyclic) bond motifs is 1. The number of pyridine rings is 1. The van der Waals surface area contributed by atoms with Crippen LogP contribution in [-0.4, -0.2) is 27.6 Å². The molecule has 0 fully saturated rings. The molecule has 1 aliphatic heterocycles. The predicted molar refractivity (Wildman–Crippen MR) is 115 cm³/mol. The highest BCUT2D eigenvalue weighted by Gasteiger charge is 2.31. The first-order valence-electron chi connectivity index (χ1n) is 10.1. The molecule has 1 atom stereocenters. The molecular weight excluding hydrogens is 376 g/mol. The number of hydrogen-bond donors (Lipinski definition) is 0. The van der Waals surface area contributed by atoms with Gasteiger partial charge in [-0.3, -0.25) is 4.98 Å². The van der Waals surface area contributed by atoms with E-state index in [0.717, 1.165) is 51.8 Å². The van der Waals surface area contributed by atoms with Crippen LogP contribution in [0, 0.1) is 0 Å². The van der Waals surface area contributed by atoms with Crippen molar-refractivity contribution in [3.63, 3.8) is 0 Å². The molecule has 1 aromatic carbocycles. The Kier molecular flexibility index (Phi) is 4.67. The van der Waals surface area contributed by atoms with Crippen molar-refractivity contribution in [3.8, 4) is 16.9 Å². The minimum Gasteiger partial charge on any atom is -0.497 e. The Morgan fingerprint density at radius 2 is 1.90 bits per heavy atom. The summed E-state index contributed by atoms with van der Waals surface area (Å²) in [6.07, 6.45) is 6.85. The smallest absolute Gasteiger partial charge is 0.159 e. The van der Waals surface area contributed by atoms with E-state index >= 15 is 0 Å². The minimum atomic E-state index is 0.0258. The topological polar surface area (TPSA) is 65.4 Å². The van der Waals surface area contributed by atoms with Crippen molar-refractivity contribution in [3.05, 3.63) is 84.2 Å². The van der Waals surface area contributed by atoms with E-state index in [2.05, 4.69) is 28.7 Å². The zero-order chi connectivity index (χ0) is 20.5. The zero-order valence-corrected chi connectivity index (χ0v) is 16.9. The second kappa shape index (κ2) is 7.63. The molecule has 150 valence electrons. The second-order valence-electron chi connectivity index (χ2n) is 7.21. The molecule has 0 saturated carbocycles. The summed E-state index contributed by atoms with van der Waals surface area (Å²) in [6, 6.07) is 16.0. The Labute approximate surface area is 174 Å². The van der Waals surface area contributed by atoms with Gasteiger partial charge in [-0.1, -0.05) is 19.1 Å². The summed E-state index contributed by atoms with van der Waals surface area (Å²) in [5, 5.41) is 4.99. The van der Waals surface area contributed by atoms with Gasteiger partial charge in [-0.05, 0) is 53.9 Å². The standard InChI is InChI=1S/C24H22N4O2/c1-3-19-23(17-6-8-18(29-2)9-7-17)24-26-20(22-5-4-14-30-22)15-21(28(24)27-19)16-10-12-25-13-11-16/h4-14,21H,3,15H2,1-2H3/t21-/m1/s1. The summed E-state index contributed by atoms with van der Waals surface area (Å²) < 4.78 is 13.1. The summed E-state index contributed by atoms with van der Waals surface area (Å²) in [5.41, 5.74) is 5.23. The van der Waals surface area contributed by atoms with Crippen molar-refractivity contribution in [2.45, 2.75) is 25.8 Å². The van der Waals surface area contributed by atoms with Gasteiger partial charge in [0.1, 0.15) is 11.5 Å². The highest BCUT2D eigenvalue weighted by atomic mass is 16.5. The van der Waals surface area contributed by atoms with Gasteiger partial charge < -0.3 is 9.15 Å². The molecule has 5 rings (SSSR count). The summed E-state index contributed by atoms with van der Waals surface area (Å²) in [7, 11) is 1.67. The molecular formula is C24H22N4O2. The Morgan fingerprint density at radius 1 is 1.10 bits per heavy atom. The highest BCUT2D eigenvalue weighted by Crippen LogP contribution is 2.42. The fraction of sp³-hybridized carbons (Fsp3) is 0.208. The van der Waals surface area contributed by atoms with Crippen molar-refractivity contribution in [2.24, 2.45) is 4.99 Å². The van der Waals surface area contributed by atoms with Gasteiger partial charge in [0.15, 0.2) is 5.82 Å². The van der Waals surface area contributed by atoms with Crippen LogP contribution < -0.4 is 4.74 Å². The maximum absolute atomic E-state index is 5.69. The zero-order valence-electron chi connectivity index (χ0n) is 16.9. The fourth-order valence-corrected chi connectivity index (χ4v) is 3.98. The van der Waals surface area contributed by atoms with E-state index in [4.69, 9.17) is 19.2 Å². The molecule has 0 saturated heterocycles. The van der Waals surface area contributed by atoms with Crippen LogP contribution in [0.1, 0.15) is 36.4 Å². The van der Waals surface area contributed by atoms with E-state index in [1.54, 1.807) is 13.4 Å². The molecule has 3 aromatic heterocycles. The fourth-order valence-electron chi connectivity index (χ4n) is 3.98. The first kappa shape index (κ1) is 18.4. The maximum Gasteiger partial charge on any atom is 0.159 e. The van der Waals surface area contributed by atoms with E-state index in [9.17, 15) is 0 Å². The third kappa shape index (κ3) is 3.10. The number of nitrogens with zero attached hydrogens (tertiary/aromatic N) is 4. The number of aliphatic imine (C=N–C) groups is 1. The van der Waals surface area contributed by atoms with Crippen molar-refractivity contribution < 1.29 is 9.15 Å².